The summed E-state index contributed by atoms with van der Waals surface area (Å²) in [5, 5.41) is 9.83. The van der Waals surface area contributed by atoms with Gasteiger partial charge in [0.15, 0.2) is 0 Å². The lowest BCUT2D eigenvalue weighted by Crippen LogP contribution is -2.50. The number of amides is 1. The molecule has 198 valence electrons. The van der Waals surface area contributed by atoms with Gasteiger partial charge in [-0.05, 0) is 49.4 Å². The van der Waals surface area contributed by atoms with Crippen molar-refractivity contribution >= 4 is 15.9 Å². The van der Waals surface area contributed by atoms with Crippen LogP contribution in [-0.4, -0.2) is 72.5 Å². The van der Waals surface area contributed by atoms with Gasteiger partial charge in [0.1, 0.15) is 22.4 Å². The first-order chi connectivity index (χ1) is 18.2. The van der Waals surface area contributed by atoms with Gasteiger partial charge in [0.25, 0.3) is 5.91 Å². The smallest absolute Gasteiger partial charge is 0.272 e. The second-order valence-electron chi connectivity index (χ2n) is 9.42. The largest absolute Gasteiger partial charge is 0.487 e. The highest BCUT2D eigenvalue weighted by molar-refractivity contribution is 7.89. The van der Waals surface area contributed by atoms with E-state index >= 15 is 0 Å². The summed E-state index contributed by atoms with van der Waals surface area (Å²) < 4.78 is 35.0. The maximum Gasteiger partial charge on any atom is 0.272 e. The van der Waals surface area contributed by atoms with Gasteiger partial charge in [0.05, 0.1) is 13.2 Å². The zero-order valence-corrected chi connectivity index (χ0v) is 22.4. The van der Waals surface area contributed by atoms with Crippen LogP contribution < -0.4 is 4.74 Å². The molecule has 3 atom stereocenters. The third-order valence-corrected chi connectivity index (χ3v) is 8.50. The molecule has 1 amide bonds. The number of aliphatic hydroxyl groups is 1. The number of likely N-dealkylation sites (N-methyl/N-ethyl adjacent to an activating group) is 1. The third kappa shape index (κ3) is 6.05. The molecule has 1 aliphatic rings. The Balaban J connectivity index is 1.72. The van der Waals surface area contributed by atoms with Crippen LogP contribution >= 0.6 is 0 Å². The fraction of sp³-hybridized carbons (Fsp3) is 0.310. The number of hydrogen-bond donors (Lipinski definition) is 1. The molecule has 0 bridgehead atoms. The van der Waals surface area contributed by atoms with E-state index in [0.717, 1.165) is 5.56 Å². The van der Waals surface area contributed by atoms with E-state index in [2.05, 4.69) is 16.8 Å². The van der Waals surface area contributed by atoms with Crippen LogP contribution in [0.3, 0.4) is 0 Å². The Morgan fingerprint density at radius 2 is 1.84 bits per heavy atom. The number of aliphatic hydroxyl groups excluding tert-OH is 1. The van der Waals surface area contributed by atoms with Gasteiger partial charge in [0, 0.05) is 42.9 Å². The number of fused-ring (bicyclic) bond motifs is 1. The molecular weight excluding hydrogens is 502 g/mol. The van der Waals surface area contributed by atoms with E-state index in [4.69, 9.17) is 4.74 Å². The summed E-state index contributed by atoms with van der Waals surface area (Å²) in [5.74, 6) is 5.75. The minimum atomic E-state index is -3.97. The minimum Gasteiger partial charge on any atom is -0.487 e. The molecule has 0 spiro atoms. The first-order valence-electron chi connectivity index (χ1n) is 12.4. The number of carbonyl (C=O) groups is 1. The van der Waals surface area contributed by atoms with Crippen molar-refractivity contribution in [3.8, 4) is 17.6 Å². The molecule has 38 heavy (non-hydrogen) atoms. The van der Waals surface area contributed by atoms with Gasteiger partial charge in [-0.15, -0.1) is 0 Å². The molecule has 4 rings (SSSR count). The van der Waals surface area contributed by atoms with Crippen molar-refractivity contribution < 1.29 is 23.1 Å². The standard InChI is InChI=1S/C29H31N3O5S/c1-21-18-32(22(2)20-33)38(35,36)28-15-14-24(13-12-23-9-5-4-6-10-23)17-26(28)37-27(21)19-31(3)29(34)25-11-7-8-16-30-25/h4-11,14-17,21-22,27,33H,18-20H2,1-3H3/t21-,22+,27+/m0/s1. The summed E-state index contributed by atoms with van der Waals surface area (Å²) in [6, 6.07) is 18.7. The van der Waals surface area contributed by atoms with Crippen LogP contribution in [0.5, 0.6) is 5.75 Å². The Labute approximate surface area is 223 Å². The summed E-state index contributed by atoms with van der Waals surface area (Å²) in [4.78, 5) is 18.6. The maximum absolute atomic E-state index is 13.7. The summed E-state index contributed by atoms with van der Waals surface area (Å²) in [6.07, 6.45) is 1.02. The minimum absolute atomic E-state index is 0.00123. The van der Waals surface area contributed by atoms with E-state index in [1.807, 2.05) is 37.3 Å². The van der Waals surface area contributed by atoms with Crippen LogP contribution in [0.25, 0.3) is 0 Å². The molecule has 0 saturated carbocycles. The summed E-state index contributed by atoms with van der Waals surface area (Å²) in [5.41, 5.74) is 1.73. The second-order valence-corrected chi connectivity index (χ2v) is 11.3. The number of sulfonamides is 1. The molecule has 1 aromatic heterocycles. The zero-order chi connectivity index (χ0) is 27.3. The first kappa shape index (κ1) is 27.3. The van der Waals surface area contributed by atoms with Crippen molar-refractivity contribution in [2.75, 3.05) is 26.7 Å². The van der Waals surface area contributed by atoms with Gasteiger partial charge in [-0.2, -0.15) is 4.31 Å². The lowest BCUT2D eigenvalue weighted by molar-refractivity contribution is 0.0559. The Morgan fingerprint density at radius 1 is 1.13 bits per heavy atom. The van der Waals surface area contributed by atoms with Crippen molar-refractivity contribution in [2.24, 2.45) is 5.92 Å². The summed E-state index contributed by atoms with van der Waals surface area (Å²) >= 11 is 0. The first-order valence-corrected chi connectivity index (χ1v) is 13.8. The zero-order valence-electron chi connectivity index (χ0n) is 21.6. The highest BCUT2D eigenvalue weighted by Gasteiger charge is 2.38. The Hall–Kier alpha value is -3.71. The average molecular weight is 534 g/mol. The highest BCUT2D eigenvalue weighted by Crippen LogP contribution is 2.34. The third-order valence-electron chi connectivity index (χ3n) is 6.48. The lowest BCUT2D eigenvalue weighted by atomic mass is 10.0. The molecule has 1 aliphatic heterocycles. The highest BCUT2D eigenvalue weighted by atomic mass is 32.2. The number of carbonyl (C=O) groups excluding carboxylic acids is 1. The monoisotopic (exact) mass is 533 g/mol. The van der Waals surface area contributed by atoms with Crippen molar-refractivity contribution in [3.63, 3.8) is 0 Å². The molecular formula is C29H31N3O5S. The van der Waals surface area contributed by atoms with Gasteiger partial charge in [-0.1, -0.05) is 43.0 Å². The average Bonchev–Trinajstić information content (AvgIpc) is 2.93. The molecule has 1 N–H and O–H groups in total. The fourth-order valence-electron chi connectivity index (χ4n) is 4.22. The summed E-state index contributed by atoms with van der Waals surface area (Å²) in [6.45, 7) is 3.54. The Kier molecular flexibility index (Phi) is 8.47. The van der Waals surface area contributed by atoms with Crippen molar-refractivity contribution in [3.05, 3.63) is 89.7 Å². The van der Waals surface area contributed by atoms with Gasteiger partial charge < -0.3 is 14.7 Å². The molecule has 0 aliphatic carbocycles. The van der Waals surface area contributed by atoms with Gasteiger partial charge >= 0.3 is 0 Å². The number of nitrogens with zero attached hydrogens (tertiary/aromatic N) is 3. The van der Waals surface area contributed by atoms with Crippen LogP contribution in [-0.2, 0) is 10.0 Å². The molecule has 2 heterocycles. The van der Waals surface area contributed by atoms with Crippen molar-refractivity contribution in [1.29, 1.82) is 0 Å². The predicted octanol–water partition coefficient (Wildman–Crippen LogP) is 3.02. The van der Waals surface area contributed by atoms with Crippen molar-refractivity contribution in [2.45, 2.75) is 30.9 Å². The van der Waals surface area contributed by atoms with Gasteiger partial charge in [-0.3, -0.25) is 9.78 Å². The van der Waals surface area contributed by atoms with Gasteiger partial charge in [0.2, 0.25) is 10.0 Å². The van der Waals surface area contributed by atoms with Crippen LogP contribution in [0, 0.1) is 17.8 Å². The summed E-state index contributed by atoms with van der Waals surface area (Å²) in [7, 11) is -2.31. The molecule has 3 aromatic rings. The topological polar surface area (TPSA) is 100 Å². The molecule has 2 aromatic carbocycles. The van der Waals surface area contributed by atoms with E-state index < -0.39 is 22.2 Å². The van der Waals surface area contributed by atoms with E-state index in [-0.39, 0.29) is 42.2 Å². The number of pyridine rings is 1. The predicted molar refractivity (Wildman–Crippen MR) is 144 cm³/mol. The van der Waals surface area contributed by atoms with E-state index in [0.29, 0.717) is 11.3 Å². The van der Waals surface area contributed by atoms with E-state index in [1.165, 1.54) is 15.3 Å². The molecule has 0 saturated heterocycles. The second kappa shape index (κ2) is 11.8. The number of rotatable bonds is 5. The fourth-order valence-corrected chi connectivity index (χ4v) is 6.05. The molecule has 8 nitrogen and oxygen atoms in total. The number of benzene rings is 2. The number of ether oxygens (including phenoxy) is 1. The normalized spacial score (nSPS) is 19.5. The Morgan fingerprint density at radius 3 is 2.53 bits per heavy atom. The van der Waals surface area contributed by atoms with Crippen LogP contribution in [0.1, 0.15) is 35.5 Å². The quantitative estimate of drug-likeness (QED) is 0.506. The maximum atomic E-state index is 13.7. The molecule has 0 fully saturated rings. The molecule has 9 heteroatoms. The van der Waals surface area contributed by atoms with Crippen LogP contribution in [0.15, 0.2) is 77.8 Å². The molecule has 0 radical (unpaired) electrons. The molecule has 0 unspecified atom stereocenters. The van der Waals surface area contributed by atoms with E-state index in [9.17, 15) is 18.3 Å². The number of aromatic nitrogens is 1. The van der Waals surface area contributed by atoms with Crippen LogP contribution in [0.2, 0.25) is 0 Å². The van der Waals surface area contributed by atoms with Gasteiger partial charge in [-0.25, -0.2) is 8.42 Å². The van der Waals surface area contributed by atoms with E-state index in [1.54, 1.807) is 50.5 Å². The SMILES string of the molecule is C[C@H](CO)N1C[C@H](C)[C@@H](CN(C)C(=O)c2ccccn2)Oc2cc(C#Cc3ccccc3)ccc2S1(=O)=O. The van der Waals surface area contributed by atoms with Crippen LogP contribution in [0.4, 0.5) is 0 Å². The lowest BCUT2D eigenvalue weighted by Gasteiger charge is -2.37. The Bertz CT molecular complexity index is 1440. The van der Waals surface area contributed by atoms with Crippen molar-refractivity contribution in [1.82, 2.24) is 14.2 Å². The number of hydrogen-bond acceptors (Lipinski definition) is 6.